The molecule has 64 heavy (non-hydrogen) atoms. The Morgan fingerprint density at radius 3 is 2.56 bits per heavy atom. The highest BCUT2D eigenvalue weighted by Crippen LogP contribution is 2.50. The van der Waals surface area contributed by atoms with Crippen molar-refractivity contribution in [3.8, 4) is 11.1 Å². The van der Waals surface area contributed by atoms with Crippen LogP contribution in [-0.2, 0) is 27.0 Å². The minimum atomic E-state index is -4.83. The van der Waals surface area contributed by atoms with E-state index in [1.54, 1.807) is 24.0 Å². The van der Waals surface area contributed by atoms with E-state index in [4.69, 9.17) is 4.74 Å². The van der Waals surface area contributed by atoms with E-state index in [1.165, 1.54) is 23.2 Å². The van der Waals surface area contributed by atoms with E-state index in [1.807, 2.05) is 19.1 Å². The molecule has 16 nitrogen and oxygen atoms in total. The summed E-state index contributed by atoms with van der Waals surface area (Å²) in [5.74, 6) is -3.43. The smallest absolute Gasteiger partial charge is 0.387 e. The maximum absolute atomic E-state index is 15.5. The van der Waals surface area contributed by atoms with E-state index >= 15 is 4.39 Å². The molecule has 5 amide bonds. The van der Waals surface area contributed by atoms with Crippen LogP contribution in [0.15, 0.2) is 60.9 Å². The zero-order valence-corrected chi connectivity index (χ0v) is 34.5. The van der Waals surface area contributed by atoms with Crippen LogP contribution in [0.3, 0.4) is 0 Å². The number of carbonyl (C=O) groups is 5. The van der Waals surface area contributed by atoms with Gasteiger partial charge in [0.25, 0.3) is 17.7 Å². The number of aromatic nitrogens is 4. The van der Waals surface area contributed by atoms with Crippen LogP contribution >= 0.6 is 0 Å². The van der Waals surface area contributed by atoms with E-state index < -0.39 is 53.6 Å². The summed E-state index contributed by atoms with van der Waals surface area (Å²) in [6.07, 6.45) is 0.243. The Morgan fingerprint density at radius 2 is 1.83 bits per heavy atom. The molecule has 3 fully saturated rings. The number of halogens is 4. The van der Waals surface area contributed by atoms with Crippen molar-refractivity contribution in [2.24, 2.45) is 0 Å². The molecule has 5 heterocycles. The number of aryl methyl sites for hydroxylation is 1. The first kappa shape index (κ1) is 42.3. The van der Waals surface area contributed by atoms with Gasteiger partial charge in [0.1, 0.15) is 23.7 Å². The highest BCUT2D eigenvalue weighted by Gasteiger charge is 2.57. The summed E-state index contributed by atoms with van der Waals surface area (Å²) < 4.78 is 66.1. The van der Waals surface area contributed by atoms with Gasteiger partial charge in [0.05, 0.1) is 45.7 Å². The highest BCUT2D eigenvalue weighted by molar-refractivity contribution is 6.09. The summed E-state index contributed by atoms with van der Waals surface area (Å²) in [5, 5.41) is 22.8. The molecule has 5 N–H and O–H groups in total. The third-order valence-electron chi connectivity index (χ3n) is 11.9. The van der Waals surface area contributed by atoms with E-state index in [9.17, 15) is 37.1 Å². The molecular weight excluding hydrogens is 841 g/mol. The number of fused-ring (bicyclic) bond motifs is 4. The number of ether oxygens (including phenoxy) is 1. The van der Waals surface area contributed by atoms with Crippen LogP contribution in [0.25, 0.3) is 22.0 Å². The zero-order chi connectivity index (χ0) is 45.0. The fraction of sp³-hybridized carbons (Fsp3) is 0.364. The van der Waals surface area contributed by atoms with Crippen molar-refractivity contribution in [1.82, 2.24) is 40.8 Å². The quantitative estimate of drug-likeness (QED) is 0.0401. The number of anilines is 2. The maximum atomic E-state index is 15.5. The lowest BCUT2D eigenvalue weighted by Crippen LogP contribution is -2.56. The standard InChI is InChI=1S/C44H42F4N10O6/c1-21(52-31-7-5-6-25-36(31)42(63)58(43-38(25)64-43)34-12-13-35(59)54-41(34)62)33-20-57(56-55-33)15-4-3-14-50-39(60)24-11-8-22(16-30(24)45)26-17-27-32(18-29(26)44(46,47)48)51-19-28(37(27)49-2)40(61)53-23-9-10-23/h5-8,11,16-21,23,34,38,43,52H,3-4,9-10,12-15H2,1-2H3,(H,49,51)(H,50,60)(H,53,61)(H,54,59,62). The number of carbonyl (C=O) groups excluding carboxylic acids is 5. The van der Waals surface area contributed by atoms with E-state index in [-0.39, 0.29) is 82.2 Å². The average molecular weight is 883 g/mol. The molecule has 9 rings (SSSR count). The van der Waals surface area contributed by atoms with Crippen LogP contribution in [-0.4, -0.2) is 86.3 Å². The van der Waals surface area contributed by atoms with Gasteiger partial charge in [0.15, 0.2) is 6.23 Å². The maximum Gasteiger partial charge on any atom is 0.417 e. The molecular formula is C44H42F4N10O6. The van der Waals surface area contributed by atoms with Gasteiger partial charge in [-0.05, 0) is 80.5 Å². The van der Waals surface area contributed by atoms with Gasteiger partial charge in [0, 0.05) is 55.4 Å². The predicted octanol–water partition coefficient (Wildman–Crippen LogP) is 5.63. The summed E-state index contributed by atoms with van der Waals surface area (Å²) in [6.45, 7) is 2.47. The minimum Gasteiger partial charge on any atom is -0.387 e. The second-order valence-corrected chi connectivity index (χ2v) is 16.3. The van der Waals surface area contributed by atoms with Gasteiger partial charge < -0.3 is 26.0 Å². The first-order valence-electron chi connectivity index (χ1n) is 20.9. The van der Waals surface area contributed by atoms with Crippen molar-refractivity contribution < 1.29 is 46.3 Å². The fourth-order valence-electron chi connectivity index (χ4n) is 8.36. The van der Waals surface area contributed by atoms with Gasteiger partial charge in [-0.25, -0.2) is 4.39 Å². The number of piperidine rings is 1. The number of unbranched alkanes of at least 4 members (excludes halogenated alkanes) is 1. The first-order chi connectivity index (χ1) is 30.7. The number of alkyl halides is 3. The molecule has 332 valence electrons. The topological polar surface area (TPSA) is 205 Å². The molecule has 3 aliphatic heterocycles. The van der Waals surface area contributed by atoms with E-state index in [0.29, 0.717) is 41.9 Å². The number of epoxide rings is 1. The Balaban J connectivity index is 0.808. The van der Waals surface area contributed by atoms with Crippen LogP contribution in [0.2, 0.25) is 0 Å². The molecule has 4 aliphatic rings. The van der Waals surface area contributed by atoms with Crippen LogP contribution < -0.4 is 26.6 Å². The number of nitrogens with zero attached hydrogens (tertiary/aromatic N) is 5. The Hall–Kier alpha value is -6.96. The number of pyridine rings is 1. The third kappa shape index (κ3) is 8.20. The van der Waals surface area contributed by atoms with Gasteiger partial charge >= 0.3 is 6.18 Å². The van der Waals surface area contributed by atoms with Gasteiger partial charge in [-0.3, -0.25) is 43.9 Å². The van der Waals surface area contributed by atoms with Crippen molar-refractivity contribution in [2.75, 3.05) is 24.2 Å². The van der Waals surface area contributed by atoms with Crippen molar-refractivity contribution in [3.05, 3.63) is 100 Å². The van der Waals surface area contributed by atoms with Gasteiger partial charge in [-0.1, -0.05) is 23.4 Å². The number of hydrogen-bond acceptors (Lipinski definition) is 11. The molecule has 0 radical (unpaired) electrons. The van der Waals surface area contributed by atoms with Crippen molar-refractivity contribution in [1.29, 1.82) is 0 Å². The van der Waals surface area contributed by atoms with Crippen LogP contribution in [0.1, 0.15) is 105 Å². The van der Waals surface area contributed by atoms with Gasteiger partial charge in [-0.2, -0.15) is 13.2 Å². The number of imide groups is 1. The summed E-state index contributed by atoms with van der Waals surface area (Å²) in [6, 6.07) is 9.58. The molecule has 1 saturated carbocycles. The second kappa shape index (κ2) is 16.6. The Labute approximate surface area is 362 Å². The lowest BCUT2D eigenvalue weighted by molar-refractivity contribution is -0.138. The molecule has 5 aromatic rings. The van der Waals surface area contributed by atoms with Crippen molar-refractivity contribution in [2.45, 2.75) is 88.6 Å². The lowest BCUT2D eigenvalue weighted by atomic mass is 9.93. The zero-order valence-electron chi connectivity index (χ0n) is 34.5. The number of benzene rings is 3. The van der Waals surface area contributed by atoms with E-state index in [0.717, 1.165) is 31.0 Å². The van der Waals surface area contributed by atoms with Gasteiger partial charge in [0.2, 0.25) is 11.8 Å². The monoisotopic (exact) mass is 882 g/mol. The molecule has 4 atom stereocenters. The summed E-state index contributed by atoms with van der Waals surface area (Å²) in [4.78, 5) is 69.8. The van der Waals surface area contributed by atoms with Crippen LogP contribution in [0.4, 0.5) is 28.9 Å². The lowest BCUT2D eigenvalue weighted by Gasteiger charge is -2.35. The summed E-state index contributed by atoms with van der Waals surface area (Å²) >= 11 is 0. The number of nitrogens with one attached hydrogen (secondary N) is 5. The highest BCUT2D eigenvalue weighted by atomic mass is 19.4. The second-order valence-electron chi connectivity index (χ2n) is 16.3. The van der Waals surface area contributed by atoms with E-state index in [2.05, 4.69) is 41.9 Å². The minimum absolute atomic E-state index is 0.00871. The molecule has 4 unspecified atom stereocenters. The van der Waals surface area contributed by atoms with Crippen molar-refractivity contribution >= 4 is 51.8 Å². The number of amides is 5. The molecule has 0 spiro atoms. The molecule has 20 heteroatoms. The van der Waals surface area contributed by atoms with Crippen LogP contribution in [0, 0.1) is 5.82 Å². The predicted molar refractivity (Wildman–Crippen MR) is 222 cm³/mol. The Morgan fingerprint density at radius 1 is 1.02 bits per heavy atom. The summed E-state index contributed by atoms with van der Waals surface area (Å²) in [5.41, 5.74) is 0.787. The van der Waals surface area contributed by atoms with Gasteiger partial charge in [-0.15, -0.1) is 5.10 Å². The Bertz CT molecular complexity index is 2740. The summed E-state index contributed by atoms with van der Waals surface area (Å²) in [7, 11) is 1.54. The Kier molecular flexibility index (Phi) is 11.0. The number of rotatable bonds is 14. The molecule has 0 bridgehead atoms. The SMILES string of the molecule is CNc1c(C(=O)NC2CC2)cnc2cc(C(F)(F)F)c(-c3ccc(C(=O)NCCCCn4cc(C(C)Nc5cccc6c5C(=O)N(C5CCC(=O)NC5=O)C5OC65)nn4)c(F)c3)cc12. The molecule has 3 aromatic carbocycles. The number of hydrogen-bond donors (Lipinski definition) is 5. The van der Waals surface area contributed by atoms with Crippen LogP contribution in [0.5, 0.6) is 0 Å². The average Bonchev–Trinajstić information content (AvgIpc) is 4.20. The molecule has 2 saturated heterocycles. The largest absolute Gasteiger partial charge is 0.417 e. The normalized spacial score (nSPS) is 19.7. The third-order valence-corrected chi connectivity index (χ3v) is 11.9. The fourth-order valence-corrected chi connectivity index (χ4v) is 8.36. The van der Waals surface area contributed by atoms with Crippen molar-refractivity contribution in [3.63, 3.8) is 0 Å². The molecule has 1 aliphatic carbocycles. The molecule has 2 aromatic heterocycles. The first-order valence-corrected chi connectivity index (χ1v) is 20.9.